The molecular weight excluding hydrogens is 368 g/mol. The first-order valence-corrected chi connectivity index (χ1v) is 11.3. The van der Waals surface area contributed by atoms with Crippen molar-refractivity contribution in [1.29, 1.82) is 0 Å². The van der Waals surface area contributed by atoms with E-state index in [-0.39, 0.29) is 0 Å². The fourth-order valence-electron chi connectivity index (χ4n) is 4.00. The van der Waals surface area contributed by atoms with Crippen molar-refractivity contribution in [2.24, 2.45) is 0 Å². The largest absolute Gasteiger partial charge is 0.387 e. The molecule has 1 aromatic carbocycles. The number of hydrogen-bond acceptors (Lipinski definition) is 6. The zero-order valence-corrected chi connectivity index (χ0v) is 17.1. The summed E-state index contributed by atoms with van der Waals surface area (Å²) in [5.41, 5.74) is 3.64. The van der Waals surface area contributed by atoms with Crippen LogP contribution in [0.3, 0.4) is 0 Å². The highest BCUT2D eigenvalue weighted by Crippen LogP contribution is 2.24. The Hall–Kier alpha value is -1.60. The molecule has 4 rings (SSSR count). The van der Waals surface area contributed by atoms with Gasteiger partial charge in [-0.15, -0.1) is 11.8 Å². The van der Waals surface area contributed by atoms with E-state index in [4.69, 9.17) is 0 Å². The van der Waals surface area contributed by atoms with Gasteiger partial charge >= 0.3 is 0 Å². The number of thioether (sulfide) groups is 1. The Morgan fingerprint density at radius 1 is 1.21 bits per heavy atom. The fourth-order valence-corrected chi connectivity index (χ4v) is 5.02. The molecule has 5 nitrogen and oxygen atoms in total. The van der Waals surface area contributed by atoms with Gasteiger partial charge in [0.15, 0.2) is 0 Å². The third kappa shape index (κ3) is 5.26. The summed E-state index contributed by atoms with van der Waals surface area (Å²) in [5.74, 6) is 1.09. The Labute approximate surface area is 171 Å². The van der Waals surface area contributed by atoms with Crippen molar-refractivity contribution in [2.75, 3.05) is 37.0 Å². The molecule has 28 heavy (non-hydrogen) atoms. The normalized spacial score (nSPS) is 21.8. The lowest BCUT2D eigenvalue weighted by Crippen LogP contribution is -2.43. The fraction of sp³-hybridized carbons (Fsp3) is 0.500. The zero-order valence-electron chi connectivity index (χ0n) is 16.3. The Kier molecular flexibility index (Phi) is 6.86. The molecular formula is C22H30N4OS. The first-order chi connectivity index (χ1) is 13.8. The SMILES string of the molecule is O[C@@H](CNC1CCN(c2ccc(CC3CNCS3)cc2)CC1)c1cccnc1. The van der Waals surface area contributed by atoms with Crippen LogP contribution >= 0.6 is 11.8 Å². The molecule has 6 heteroatoms. The molecule has 2 aromatic rings. The van der Waals surface area contributed by atoms with Gasteiger partial charge in [0.25, 0.3) is 0 Å². The van der Waals surface area contributed by atoms with Gasteiger partial charge in [0.05, 0.1) is 6.10 Å². The summed E-state index contributed by atoms with van der Waals surface area (Å²) in [7, 11) is 0. The van der Waals surface area contributed by atoms with Gasteiger partial charge in [-0.1, -0.05) is 18.2 Å². The predicted molar refractivity (Wildman–Crippen MR) is 117 cm³/mol. The molecule has 1 aromatic heterocycles. The standard InChI is InChI=1S/C22H30N4OS/c27-22(18-2-1-9-23-13-18)15-25-19-7-10-26(11-8-19)20-5-3-17(4-6-20)12-21-14-24-16-28-21/h1-6,9,13,19,21-22,24-25,27H,7-8,10-12,14-16H2/t21?,22-/m0/s1. The molecule has 150 valence electrons. The second kappa shape index (κ2) is 9.74. The van der Waals surface area contributed by atoms with E-state index < -0.39 is 6.10 Å². The van der Waals surface area contributed by atoms with Crippen LogP contribution in [0.5, 0.6) is 0 Å². The summed E-state index contributed by atoms with van der Waals surface area (Å²) in [6.07, 6.45) is 6.34. The van der Waals surface area contributed by atoms with Gasteiger partial charge in [0, 0.05) is 67.0 Å². The number of hydrogen-bond donors (Lipinski definition) is 3. The summed E-state index contributed by atoms with van der Waals surface area (Å²) in [6, 6.07) is 13.4. The Morgan fingerprint density at radius 3 is 2.71 bits per heavy atom. The lowest BCUT2D eigenvalue weighted by atomic mass is 10.0. The maximum Gasteiger partial charge on any atom is 0.0929 e. The van der Waals surface area contributed by atoms with Crippen molar-refractivity contribution in [3.8, 4) is 0 Å². The first kappa shape index (κ1) is 19.7. The Balaban J connectivity index is 1.21. The van der Waals surface area contributed by atoms with E-state index in [0.29, 0.717) is 12.6 Å². The number of nitrogens with one attached hydrogen (secondary N) is 2. The van der Waals surface area contributed by atoms with Crippen LogP contribution in [-0.2, 0) is 6.42 Å². The van der Waals surface area contributed by atoms with E-state index in [9.17, 15) is 5.11 Å². The van der Waals surface area contributed by atoms with E-state index in [1.165, 1.54) is 11.3 Å². The molecule has 3 N–H and O–H groups in total. The lowest BCUT2D eigenvalue weighted by molar-refractivity contribution is 0.167. The van der Waals surface area contributed by atoms with Crippen LogP contribution in [0.1, 0.15) is 30.1 Å². The van der Waals surface area contributed by atoms with Crippen LogP contribution in [0, 0.1) is 0 Å². The van der Waals surface area contributed by atoms with Crippen LogP contribution in [0.2, 0.25) is 0 Å². The minimum Gasteiger partial charge on any atom is -0.387 e. The minimum absolute atomic E-state index is 0.466. The summed E-state index contributed by atoms with van der Waals surface area (Å²) in [6.45, 7) is 3.83. The first-order valence-electron chi connectivity index (χ1n) is 10.3. The molecule has 0 saturated carbocycles. The van der Waals surface area contributed by atoms with Crippen molar-refractivity contribution < 1.29 is 5.11 Å². The van der Waals surface area contributed by atoms with Gasteiger partial charge in [-0.25, -0.2) is 0 Å². The summed E-state index contributed by atoms with van der Waals surface area (Å²) in [4.78, 5) is 6.56. The van der Waals surface area contributed by atoms with Crippen molar-refractivity contribution >= 4 is 17.4 Å². The Morgan fingerprint density at radius 2 is 2.04 bits per heavy atom. The molecule has 0 amide bonds. The van der Waals surface area contributed by atoms with Crippen LogP contribution in [0.15, 0.2) is 48.8 Å². The van der Waals surface area contributed by atoms with Crippen LogP contribution in [0.25, 0.3) is 0 Å². The number of aliphatic hydroxyl groups is 1. The second-order valence-corrected chi connectivity index (χ2v) is 9.02. The van der Waals surface area contributed by atoms with Gasteiger partial charge in [0.1, 0.15) is 0 Å². The number of pyridine rings is 1. The van der Waals surface area contributed by atoms with Gasteiger partial charge in [-0.2, -0.15) is 0 Å². The minimum atomic E-state index is -0.493. The van der Waals surface area contributed by atoms with Crippen molar-refractivity contribution in [2.45, 2.75) is 36.7 Å². The van der Waals surface area contributed by atoms with Gasteiger partial charge in [0.2, 0.25) is 0 Å². The van der Waals surface area contributed by atoms with E-state index >= 15 is 0 Å². The van der Waals surface area contributed by atoms with E-state index in [0.717, 1.165) is 55.6 Å². The molecule has 2 atom stereocenters. The average Bonchev–Trinajstić information content (AvgIpc) is 3.27. The van der Waals surface area contributed by atoms with Crippen LogP contribution in [-0.4, -0.2) is 53.4 Å². The summed E-state index contributed by atoms with van der Waals surface area (Å²) >= 11 is 2.03. The highest BCUT2D eigenvalue weighted by molar-refractivity contribution is 8.00. The molecule has 1 unspecified atom stereocenters. The van der Waals surface area contributed by atoms with Crippen molar-refractivity contribution in [1.82, 2.24) is 15.6 Å². The molecule has 0 aliphatic carbocycles. The smallest absolute Gasteiger partial charge is 0.0929 e. The maximum atomic E-state index is 10.3. The molecule has 0 radical (unpaired) electrons. The molecule has 3 heterocycles. The van der Waals surface area contributed by atoms with Crippen molar-refractivity contribution in [3.63, 3.8) is 0 Å². The summed E-state index contributed by atoms with van der Waals surface area (Å²) in [5, 5.41) is 18.0. The highest BCUT2D eigenvalue weighted by atomic mass is 32.2. The number of piperidine rings is 1. The molecule has 2 fully saturated rings. The Bertz CT molecular complexity index is 713. The van der Waals surface area contributed by atoms with Crippen LogP contribution in [0.4, 0.5) is 5.69 Å². The summed E-state index contributed by atoms with van der Waals surface area (Å²) < 4.78 is 0. The number of benzene rings is 1. The molecule has 2 aliphatic heterocycles. The maximum absolute atomic E-state index is 10.3. The molecule has 2 saturated heterocycles. The van der Waals surface area contributed by atoms with Gasteiger partial charge < -0.3 is 20.6 Å². The molecule has 0 spiro atoms. The number of nitrogens with zero attached hydrogens (tertiary/aromatic N) is 2. The number of aliphatic hydroxyl groups excluding tert-OH is 1. The monoisotopic (exact) mass is 398 g/mol. The van der Waals surface area contributed by atoms with Crippen molar-refractivity contribution in [3.05, 3.63) is 59.9 Å². The van der Waals surface area contributed by atoms with Crippen LogP contribution < -0.4 is 15.5 Å². The predicted octanol–water partition coefficient (Wildman–Crippen LogP) is 2.58. The third-order valence-corrected chi connectivity index (χ3v) is 6.90. The van der Waals surface area contributed by atoms with Gasteiger partial charge in [-0.05, 0) is 43.0 Å². The lowest BCUT2D eigenvalue weighted by Gasteiger charge is -2.34. The second-order valence-electron chi connectivity index (χ2n) is 7.73. The number of aromatic nitrogens is 1. The van der Waals surface area contributed by atoms with E-state index in [1.54, 1.807) is 12.4 Å². The molecule has 2 aliphatic rings. The topological polar surface area (TPSA) is 60.4 Å². The van der Waals surface area contributed by atoms with E-state index in [2.05, 4.69) is 44.8 Å². The average molecular weight is 399 g/mol. The third-order valence-electron chi connectivity index (χ3n) is 5.72. The molecule has 0 bridgehead atoms. The number of anilines is 1. The van der Waals surface area contributed by atoms with Gasteiger partial charge in [-0.3, -0.25) is 4.98 Å². The number of rotatable bonds is 7. The quantitative estimate of drug-likeness (QED) is 0.666. The zero-order chi connectivity index (χ0) is 19.2. The highest BCUT2D eigenvalue weighted by Gasteiger charge is 2.21. The van der Waals surface area contributed by atoms with E-state index in [1.807, 2.05) is 23.9 Å².